The van der Waals surface area contributed by atoms with Crippen LogP contribution in [-0.4, -0.2) is 53.8 Å². The van der Waals surface area contributed by atoms with Crippen LogP contribution in [0.4, 0.5) is 5.82 Å². The normalized spacial score (nSPS) is 15.9. The van der Waals surface area contributed by atoms with E-state index in [9.17, 15) is 9.59 Å². The maximum absolute atomic E-state index is 12.8. The van der Waals surface area contributed by atoms with Crippen LogP contribution in [0.3, 0.4) is 0 Å². The average molecular weight is 458 g/mol. The largest absolute Gasteiger partial charge is 0.424 e. The van der Waals surface area contributed by atoms with Gasteiger partial charge in [-0.3, -0.25) is 14.3 Å². The highest BCUT2D eigenvalue weighted by atomic mass is 16.5. The molecule has 1 saturated heterocycles. The lowest BCUT2D eigenvalue weighted by Gasteiger charge is -2.32. The van der Waals surface area contributed by atoms with E-state index in [1.807, 2.05) is 12.1 Å². The minimum absolute atomic E-state index is 0.144. The molecule has 172 valence electrons. The number of anilines is 1. The number of fused-ring (bicyclic) bond motifs is 1. The number of H-pyrrole nitrogens is 1. The van der Waals surface area contributed by atoms with E-state index in [2.05, 4.69) is 26.7 Å². The van der Waals surface area contributed by atoms with Crippen molar-refractivity contribution < 1.29 is 9.53 Å². The third-order valence-electron chi connectivity index (χ3n) is 5.77. The summed E-state index contributed by atoms with van der Waals surface area (Å²) in [6.07, 6.45) is 6.04. The first-order valence-corrected chi connectivity index (χ1v) is 10.8. The minimum atomic E-state index is -0.392. The molecule has 0 unspecified atom stereocenters. The van der Waals surface area contributed by atoms with Gasteiger partial charge in [0.1, 0.15) is 17.0 Å². The molecule has 3 N–H and O–H groups in total. The number of hydrogen-bond donors (Lipinski definition) is 2. The lowest BCUT2D eigenvalue weighted by Crippen LogP contribution is -2.40. The fourth-order valence-corrected chi connectivity index (χ4v) is 4.19. The van der Waals surface area contributed by atoms with Crippen LogP contribution in [0.1, 0.15) is 18.9 Å². The Labute approximate surface area is 193 Å². The molecule has 0 aliphatic carbocycles. The molecule has 0 bridgehead atoms. The molecule has 11 nitrogen and oxygen atoms in total. The van der Waals surface area contributed by atoms with E-state index in [0.717, 1.165) is 18.4 Å². The molecule has 1 aliphatic rings. The number of aromatic nitrogens is 6. The van der Waals surface area contributed by atoms with E-state index < -0.39 is 5.56 Å². The quantitative estimate of drug-likeness (QED) is 0.433. The second kappa shape index (κ2) is 8.77. The van der Waals surface area contributed by atoms with Crippen LogP contribution < -0.4 is 16.0 Å². The summed E-state index contributed by atoms with van der Waals surface area (Å²) >= 11 is 0. The van der Waals surface area contributed by atoms with Gasteiger partial charge in [0.15, 0.2) is 5.82 Å². The summed E-state index contributed by atoms with van der Waals surface area (Å²) in [5.41, 5.74) is 7.38. The molecular formula is C23H22N8O3. The number of carbonyl (C=O) groups is 1. The van der Waals surface area contributed by atoms with Crippen LogP contribution in [0.25, 0.3) is 22.2 Å². The van der Waals surface area contributed by atoms with Gasteiger partial charge >= 0.3 is 6.01 Å². The number of likely N-dealkylation sites (tertiary alicyclic amines) is 1. The van der Waals surface area contributed by atoms with Crippen molar-refractivity contribution in [1.29, 1.82) is 0 Å². The molecule has 0 saturated carbocycles. The fourth-order valence-electron chi connectivity index (χ4n) is 4.19. The maximum Gasteiger partial charge on any atom is 0.321 e. The zero-order chi connectivity index (χ0) is 23.7. The molecule has 11 heteroatoms. The van der Waals surface area contributed by atoms with Crippen LogP contribution in [-0.2, 0) is 4.79 Å². The van der Waals surface area contributed by atoms with Gasteiger partial charge in [0.25, 0.3) is 5.56 Å². The third-order valence-corrected chi connectivity index (χ3v) is 5.77. The summed E-state index contributed by atoms with van der Waals surface area (Å²) in [6.45, 7) is 4.64. The van der Waals surface area contributed by atoms with Crippen molar-refractivity contribution >= 4 is 22.6 Å². The monoisotopic (exact) mass is 458 g/mol. The number of amides is 1. The molecule has 4 aromatic rings. The van der Waals surface area contributed by atoms with Gasteiger partial charge < -0.3 is 15.4 Å². The number of hydrogen-bond acceptors (Lipinski definition) is 8. The fraction of sp³-hybridized carbons (Fsp3) is 0.217. The highest BCUT2D eigenvalue weighted by Crippen LogP contribution is 2.34. The van der Waals surface area contributed by atoms with Crippen molar-refractivity contribution in [2.24, 2.45) is 0 Å². The molecule has 3 aromatic heterocycles. The zero-order valence-electron chi connectivity index (χ0n) is 18.2. The summed E-state index contributed by atoms with van der Waals surface area (Å²) in [6, 6.07) is 8.92. The Morgan fingerprint density at radius 1 is 1.24 bits per heavy atom. The van der Waals surface area contributed by atoms with E-state index in [-0.39, 0.29) is 23.8 Å². The van der Waals surface area contributed by atoms with Gasteiger partial charge in [0, 0.05) is 31.0 Å². The zero-order valence-corrected chi connectivity index (χ0v) is 18.2. The van der Waals surface area contributed by atoms with Gasteiger partial charge in [0.2, 0.25) is 5.91 Å². The summed E-state index contributed by atoms with van der Waals surface area (Å²) in [4.78, 5) is 34.8. The summed E-state index contributed by atoms with van der Waals surface area (Å²) in [5.74, 6) is 0.576. The van der Waals surface area contributed by atoms with Gasteiger partial charge in [-0.25, -0.2) is 15.1 Å². The molecule has 1 fully saturated rings. The molecule has 34 heavy (non-hydrogen) atoms. The van der Waals surface area contributed by atoms with E-state index in [1.165, 1.54) is 6.08 Å². The van der Waals surface area contributed by atoms with E-state index in [4.69, 9.17) is 15.6 Å². The Kier molecular flexibility index (Phi) is 5.50. The molecule has 4 heterocycles. The predicted octanol–water partition coefficient (Wildman–Crippen LogP) is 2.30. The van der Waals surface area contributed by atoms with Gasteiger partial charge in [-0.05, 0) is 49.2 Å². The van der Waals surface area contributed by atoms with Crippen molar-refractivity contribution in [3.8, 4) is 23.0 Å². The minimum Gasteiger partial charge on any atom is -0.424 e. The number of aromatic amines is 1. The Hall–Kier alpha value is -4.54. The van der Waals surface area contributed by atoms with Crippen LogP contribution in [0.5, 0.6) is 11.8 Å². The maximum atomic E-state index is 12.8. The first kappa shape index (κ1) is 21.3. The number of nitrogens with two attached hydrogens (primary N) is 1. The van der Waals surface area contributed by atoms with Gasteiger partial charge in [-0.2, -0.15) is 10.2 Å². The number of nitrogens with zero attached hydrogens (tertiary/aromatic N) is 6. The highest BCUT2D eigenvalue weighted by molar-refractivity contribution is 5.99. The molecule has 1 atom stereocenters. The average Bonchev–Trinajstić information content (AvgIpc) is 3.29. The number of ether oxygens (including phenoxy) is 1. The summed E-state index contributed by atoms with van der Waals surface area (Å²) < 4.78 is 7.33. The van der Waals surface area contributed by atoms with Crippen LogP contribution >= 0.6 is 0 Å². The van der Waals surface area contributed by atoms with Crippen LogP contribution in [0, 0.1) is 0 Å². The summed E-state index contributed by atoms with van der Waals surface area (Å²) in [5, 5.41) is 11.6. The lowest BCUT2D eigenvalue weighted by atomic mass is 10.1. The SMILES string of the molecule is C=CC(=O)N1CCC[C@@H](n2nc(-c3ccc(Oc4ncccn4)cc3)c3c(N)n[nH]c(=O)c32)C1. The van der Waals surface area contributed by atoms with E-state index in [0.29, 0.717) is 35.4 Å². The van der Waals surface area contributed by atoms with Crippen molar-refractivity contribution in [2.75, 3.05) is 18.8 Å². The Morgan fingerprint density at radius 2 is 2.00 bits per heavy atom. The van der Waals surface area contributed by atoms with Crippen LogP contribution in [0.15, 0.2) is 60.2 Å². The van der Waals surface area contributed by atoms with E-state index in [1.54, 1.807) is 40.2 Å². The van der Waals surface area contributed by atoms with Gasteiger partial charge in [0.05, 0.1) is 11.4 Å². The molecule has 1 aliphatic heterocycles. The smallest absolute Gasteiger partial charge is 0.321 e. The van der Waals surface area contributed by atoms with Crippen molar-refractivity contribution in [1.82, 2.24) is 34.8 Å². The van der Waals surface area contributed by atoms with Crippen molar-refractivity contribution in [3.63, 3.8) is 0 Å². The molecular weight excluding hydrogens is 436 g/mol. The predicted molar refractivity (Wildman–Crippen MR) is 125 cm³/mol. The number of benzene rings is 1. The lowest BCUT2D eigenvalue weighted by molar-refractivity contribution is -0.127. The molecule has 0 spiro atoms. The summed E-state index contributed by atoms with van der Waals surface area (Å²) in [7, 11) is 0. The van der Waals surface area contributed by atoms with Crippen molar-refractivity contribution in [3.05, 3.63) is 65.7 Å². The number of nitrogens with one attached hydrogen (secondary N) is 1. The first-order valence-electron chi connectivity index (χ1n) is 10.8. The topological polar surface area (TPSA) is 145 Å². The Bertz CT molecular complexity index is 1410. The molecule has 1 aromatic carbocycles. The number of carbonyl (C=O) groups excluding carboxylic acids is 1. The number of rotatable bonds is 5. The van der Waals surface area contributed by atoms with Crippen LogP contribution in [0.2, 0.25) is 0 Å². The molecule has 5 rings (SSSR count). The van der Waals surface area contributed by atoms with E-state index >= 15 is 0 Å². The highest BCUT2D eigenvalue weighted by Gasteiger charge is 2.28. The Morgan fingerprint density at radius 3 is 2.74 bits per heavy atom. The molecule has 0 radical (unpaired) electrons. The van der Waals surface area contributed by atoms with Gasteiger partial charge in [-0.1, -0.05) is 6.58 Å². The first-order chi connectivity index (χ1) is 16.5. The molecule has 1 amide bonds. The second-order valence-electron chi connectivity index (χ2n) is 7.90. The second-order valence-corrected chi connectivity index (χ2v) is 7.90. The van der Waals surface area contributed by atoms with Crippen molar-refractivity contribution in [2.45, 2.75) is 18.9 Å². The number of nitrogen functional groups attached to an aromatic ring is 1. The van der Waals surface area contributed by atoms with Gasteiger partial charge in [-0.15, -0.1) is 0 Å². The third kappa shape index (κ3) is 3.87. The number of piperidine rings is 1. The Balaban J connectivity index is 1.55. The standard InChI is InChI=1S/C23H22N8O3/c1-2-17(32)30-12-3-5-15(13-30)31-20-18(21(24)27-28-22(20)33)19(29-31)14-6-8-16(9-7-14)34-23-25-10-4-11-26-23/h2,4,6-11,15H,1,3,5,12-13H2,(H2,24,27)(H,28,33)/t15-/m1/s1.